The van der Waals surface area contributed by atoms with Gasteiger partial charge in [0.05, 0.1) is 24.6 Å². The molecule has 0 spiro atoms. The lowest BCUT2D eigenvalue weighted by molar-refractivity contribution is -0.121. The first-order valence-corrected chi connectivity index (χ1v) is 11.9. The minimum Gasteiger partial charge on any atom is -0.496 e. The molecule has 7 heteroatoms. The van der Waals surface area contributed by atoms with Gasteiger partial charge in [-0.3, -0.25) is 4.79 Å². The lowest BCUT2D eigenvalue weighted by atomic mass is 10.1. The van der Waals surface area contributed by atoms with E-state index in [0.717, 1.165) is 11.1 Å². The molecule has 1 amide bonds. The summed E-state index contributed by atoms with van der Waals surface area (Å²) in [6.07, 6.45) is 0.502. The summed E-state index contributed by atoms with van der Waals surface area (Å²) in [7, 11) is -2.26. The summed E-state index contributed by atoms with van der Waals surface area (Å²) in [5, 5.41) is 2.90. The normalized spacial score (nSPS) is 12.3. The molecule has 0 aliphatic rings. The third kappa shape index (κ3) is 5.96. The number of rotatable bonds is 10. The summed E-state index contributed by atoms with van der Waals surface area (Å²) in [5.74, 6) is 0.286. The molecule has 0 fully saturated rings. The highest BCUT2D eigenvalue weighted by Crippen LogP contribution is 2.24. The molecule has 3 aromatic carbocycles. The lowest BCUT2D eigenvalue weighted by Gasteiger charge is -2.23. The summed E-state index contributed by atoms with van der Waals surface area (Å²) < 4.78 is 33.1. The van der Waals surface area contributed by atoms with E-state index < -0.39 is 10.0 Å². The average molecular weight is 453 g/mol. The quantitative estimate of drug-likeness (QED) is 0.508. The van der Waals surface area contributed by atoms with Gasteiger partial charge in [-0.2, -0.15) is 4.31 Å². The van der Waals surface area contributed by atoms with Crippen molar-refractivity contribution in [2.45, 2.75) is 24.3 Å². The van der Waals surface area contributed by atoms with E-state index in [9.17, 15) is 13.2 Å². The molecule has 1 atom stereocenters. The second kappa shape index (κ2) is 10.9. The fraction of sp³-hybridized carbons (Fsp3) is 0.240. The van der Waals surface area contributed by atoms with E-state index in [2.05, 4.69) is 5.32 Å². The number of amides is 1. The molecular formula is C25H28N2O4S. The second-order valence-corrected chi connectivity index (χ2v) is 9.36. The lowest BCUT2D eigenvalue weighted by Crippen LogP contribution is -2.42. The highest BCUT2D eigenvalue weighted by molar-refractivity contribution is 7.89. The highest BCUT2D eigenvalue weighted by atomic mass is 32.2. The number of nitrogens with zero attached hydrogens (tertiary/aromatic N) is 1. The number of hydrogen-bond acceptors (Lipinski definition) is 4. The summed E-state index contributed by atoms with van der Waals surface area (Å²) in [4.78, 5) is 13.0. The van der Waals surface area contributed by atoms with Crippen molar-refractivity contribution in [3.8, 4) is 5.75 Å². The van der Waals surface area contributed by atoms with Crippen molar-refractivity contribution in [1.82, 2.24) is 9.62 Å². The molecule has 3 rings (SSSR count). The van der Waals surface area contributed by atoms with E-state index in [-0.39, 0.29) is 29.9 Å². The van der Waals surface area contributed by atoms with Crippen LogP contribution in [0.4, 0.5) is 0 Å². The SMILES string of the molecule is COc1ccccc1C(C)NC(=O)CN(CCc1ccccc1)S(=O)(=O)c1ccccc1. The van der Waals surface area contributed by atoms with Crippen molar-refractivity contribution in [2.24, 2.45) is 0 Å². The van der Waals surface area contributed by atoms with Crippen LogP contribution in [0.2, 0.25) is 0 Å². The fourth-order valence-corrected chi connectivity index (χ4v) is 4.89. The minimum atomic E-state index is -3.83. The van der Waals surface area contributed by atoms with Crippen LogP contribution in [-0.2, 0) is 21.2 Å². The molecule has 1 N–H and O–H groups in total. The van der Waals surface area contributed by atoms with E-state index >= 15 is 0 Å². The Hall–Kier alpha value is -3.16. The van der Waals surface area contributed by atoms with Gasteiger partial charge in [-0.25, -0.2) is 8.42 Å². The standard InChI is InChI=1S/C25H28N2O4S/c1-20(23-15-9-10-16-24(23)31-2)26-25(28)19-27(18-17-21-11-5-3-6-12-21)32(29,30)22-13-7-4-8-14-22/h3-16,20H,17-19H2,1-2H3,(H,26,28). The van der Waals surface area contributed by atoms with Gasteiger partial charge in [0.25, 0.3) is 0 Å². The van der Waals surface area contributed by atoms with Crippen LogP contribution >= 0.6 is 0 Å². The third-order valence-electron chi connectivity index (χ3n) is 5.18. The maximum absolute atomic E-state index is 13.3. The highest BCUT2D eigenvalue weighted by Gasteiger charge is 2.27. The molecule has 0 saturated heterocycles. The van der Waals surface area contributed by atoms with Crippen molar-refractivity contribution in [1.29, 1.82) is 0 Å². The Balaban J connectivity index is 1.77. The molecule has 6 nitrogen and oxygen atoms in total. The van der Waals surface area contributed by atoms with Gasteiger partial charge < -0.3 is 10.1 Å². The average Bonchev–Trinajstić information content (AvgIpc) is 2.82. The monoisotopic (exact) mass is 452 g/mol. The number of methoxy groups -OCH3 is 1. The van der Waals surface area contributed by atoms with Gasteiger partial charge in [-0.1, -0.05) is 66.7 Å². The van der Waals surface area contributed by atoms with Crippen LogP contribution in [0.3, 0.4) is 0 Å². The first-order chi connectivity index (χ1) is 15.4. The van der Waals surface area contributed by atoms with Crippen molar-refractivity contribution < 1.29 is 17.9 Å². The van der Waals surface area contributed by atoms with Crippen LogP contribution in [0.15, 0.2) is 89.8 Å². The van der Waals surface area contributed by atoms with Gasteiger partial charge in [0.15, 0.2) is 0 Å². The number of hydrogen-bond donors (Lipinski definition) is 1. The molecule has 32 heavy (non-hydrogen) atoms. The fourth-order valence-electron chi connectivity index (χ4n) is 3.47. The molecule has 0 radical (unpaired) electrons. The maximum atomic E-state index is 13.3. The summed E-state index contributed by atoms with van der Waals surface area (Å²) in [6, 6.07) is 24.9. The molecule has 3 aromatic rings. The smallest absolute Gasteiger partial charge is 0.243 e. The Morgan fingerprint density at radius 2 is 1.53 bits per heavy atom. The number of carbonyl (C=O) groups is 1. The van der Waals surface area contributed by atoms with Crippen LogP contribution in [0.1, 0.15) is 24.1 Å². The Kier molecular flexibility index (Phi) is 8.03. The number of para-hydroxylation sites is 1. The van der Waals surface area contributed by atoms with Gasteiger partial charge in [0, 0.05) is 12.1 Å². The van der Waals surface area contributed by atoms with E-state index in [1.807, 2.05) is 61.5 Å². The van der Waals surface area contributed by atoms with Gasteiger partial charge in [0.1, 0.15) is 5.75 Å². The van der Waals surface area contributed by atoms with E-state index in [1.165, 1.54) is 4.31 Å². The molecule has 0 aromatic heterocycles. The summed E-state index contributed by atoms with van der Waals surface area (Å²) in [6.45, 7) is 1.76. The molecular weight excluding hydrogens is 424 g/mol. The van der Waals surface area contributed by atoms with E-state index in [0.29, 0.717) is 12.2 Å². The van der Waals surface area contributed by atoms with Gasteiger partial charge >= 0.3 is 0 Å². The first kappa shape index (κ1) is 23.5. The van der Waals surface area contributed by atoms with Crippen molar-refractivity contribution in [3.05, 3.63) is 96.1 Å². The topological polar surface area (TPSA) is 75.7 Å². The molecule has 168 valence electrons. The minimum absolute atomic E-state index is 0.165. The molecule has 1 unspecified atom stereocenters. The van der Waals surface area contributed by atoms with Crippen LogP contribution in [-0.4, -0.2) is 38.8 Å². The van der Waals surface area contributed by atoms with Crippen molar-refractivity contribution >= 4 is 15.9 Å². The first-order valence-electron chi connectivity index (χ1n) is 10.4. The van der Waals surface area contributed by atoms with E-state index in [4.69, 9.17) is 4.74 Å². The maximum Gasteiger partial charge on any atom is 0.243 e. The van der Waals surface area contributed by atoms with Crippen LogP contribution < -0.4 is 10.1 Å². The number of ether oxygens (including phenoxy) is 1. The number of carbonyl (C=O) groups excluding carboxylic acids is 1. The Labute approximate surface area is 189 Å². The predicted molar refractivity (Wildman–Crippen MR) is 125 cm³/mol. The summed E-state index contributed by atoms with van der Waals surface area (Å²) in [5.41, 5.74) is 1.83. The number of benzene rings is 3. The van der Waals surface area contributed by atoms with Crippen LogP contribution in [0.25, 0.3) is 0 Å². The van der Waals surface area contributed by atoms with Crippen LogP contribution in [0, 0.1) is 0 Å². The summed E-state index contributed by atoms with van der Waals surface area (Å²) >= 11 is 0. The van der Waals surface area contributed by atoms with Gasteiger partial charge in [0.2, 0.25) is 15.9 Å². The third-order valence-corrected chi connectivity index (χ3v) is 7.04. The number of sulfonamides is 1. The Morgan fingerprint density at radius 3 is 2.19 bits per heavy atom. The van der Waals surface area contributed by atoms with E-state index in [1.54, 1.807) is 37.4 Å². The zero-order valence-corrected chi connectivity index (χ0v) is 19.1. The number of nitrogens with one attached hydrogen (secondary N) is 1. The Bertz CT molecular complexity index is 1120. The molecule has 0 aliphatic heterocycles. The van der Waals surface area contributed by atoms with Gasteiger partial charge in [-0.15, -0.1) is 0 Å². The molecule has 0 heterocycles. The van der Waals surface area contributed by atoms with Gasteiger partial charge in [-0.05, 0) is 37.1 Å². The van der Waals surface area contributed by atoms with Crippen molar-refractivity contribution in [3.63, 3.8) is 0 Å². The predicted octanol–water partition coefficient (Wildman–Crippen LogP) is 3.81. The Morgan fingerprint density at radius 1 is 0.938 bits per heavy atom. The largest absolute Gasteiger partial charge is 0.496 e. The molecule has 0 aliphatic carbocycles. The second-order valence-electron chi connectivity index (χ2n) is 7.42. The molecule has 0 bridgehead atoms. The molecule has 0 saturated carbocycles. The van der Waals surface area contributed by atoms with Crippen molar-refractivity contribution in [2.75, 3.05) is 20.2 Å². The zero-order valence-electron chi connectivity index (χ0n) is 18.3. The zero-order chi connectivity index (χ0) is 23.0. The van der Waals surface area contributed by atoms with Crippen LogP contribution in [0.5, 0.6) is 5.75 Å².